The number of hydrogen-bond acceptors (Lipinski definition) is 2. The van der Waals surface area contributed by atoms with Crippen LogP contribution in [-0.2, 0) is 6.42 Å². The molecular formula is C15H27N3. The van der Waals surface area contributed by atoms with Gasteiger partial charge in [0.2, 0.25) is 0 Å². The van der Waals surface area contributed by atoms with Crippen molar-refractivity contribution < 1.29 is 0 Å². The summed E-state index contributed by atoms with van der Waals surface area (Å²) < 4.78 is 2.12. The first-order valence-electron chi connectivity index (χ1n) is 7.50. The summed E-state index contributed by atoms with van der Waals surface area (Å²) in [6.45, 7) is 7.73. The summed E-state index contributed by atoms with van der Waals surface area (Å²) in [6.07, 6.45) is 8.46. The summed E-state index contributed by atoms with van der Waals surface area (Å²) in [5, 5.41) is 8.28. The van der Waals surface area contributed by atoms with Gasteiger partial charge in [-0.05, 0) is 57.6 Å². The van der Waals surface area contributed by atoms with Gasteiger partial charge in [0.25, 0.3) is 0 Å². The minimum atomic E-state index is 0.525. The van der Waals surface area contributed by atoms with Crippen molar-refractivity contribution in [2.24, 2.45) is 5.92 Å². The van der Waals surface area contributed by atoms with Gasteiger partial charge in [0.15, 0.2) is 0 Å². The number of rotatable bonds is 6. The first-order valence-corrected chi connectivity index (χ1v) is 7.50. The fourth-order valence-corrected chi connectivity index (χ4v) is 2.95. The van der Waals surface area contributed by atoms with Crippen molar-refractivity contribution in [2.75, 3.05) is 6.54 Å². The van der Waals surface area contributed by atoms with Crippen LogP contribution in [0, 0.1) is 5.92 Å². The van der Waals surface area contributed by atoms with Crippen molar-refractivity contribution in [3.63, 3.8) is 0 Å². The summed E-state index contributed by atoms with van der Waals surface area (Å²) in [5.41, 5.74) is 1.28. The van der Waals surface area contributed by atoms with Crippen LogP contribution in [0.3, 0.4) is 0 Å². The quantitative estimate of drug-likeness (QED) is 0.839. The lowest BCUT2D eigenvalue weighted by Crippen LogP contribution is -2.25. The predicted molar refractivity (Wildman–Crippen MR) is 75.7 cm³/mol. The van der Waals surface area contributed by atoms with E-state index in [-0.39, 0.29) is 0 Å². The van der Waals surface area contributed by atoms with E-state index >= 15 is 0 Å². The summed E-state index contributed by atoms with van der Waals surface area (Å²) >= 11 is 0. The van der Waals surface area contributed by atoms with Gasteiger partial charge in [0.05, 0.1) is 5.69 Å². The van der Waals surface area contributed by atoms with Crippen LogP contribution in [0.1, 0.15) is 58.2 Å². The fourth-order valence-electron chi connectivity index (χ4n) is 2.95. The molecule has 1 aliphatic carbocycles. The van der Waals surface area contributed by atoms with Gasteiger partial charge in [-0.2, -0.15) is 5.10 Å². The van der Waals surface area contributed by atoms with Crippen molar-refractivity contribution in [3.8, 4) is 0 Å². The molecule has 0 aromatic carbocycles. The molecular weight excluding hydrogens is 222 g/mol. The topological polar surface area (TPSA) is 29.9 Å². The van der Waals surface area contributed by atoms with Crippen LogP contribution in [0.25, 0.3) is 0 Å². The molecule has 1 heterocycles. The van der Waals surface area contributed by atoms with E-state index < -0.39 is 0 Å². The number of nitrogens with zero attached hydrogens (tertiary/aromatic N) is 2. The van der Waals surface area contributed by atoms with Crippen LogP contribution in [0.4, 0.5) is 0 Å². The zero-order valence-electron chi connectivity index (χ0n) is 12.0. The van der Waals surface area contributed by atoms with Gasteiger partial charge in [0.1, 0.15) is 0 Å². The summed E-state index contributed by atoms with van der Waals surface area (Å²) in [7, 11) is 0. The Kier molecular flexibility index (Phi) is 4.81. The Labute approximate surface area is 111 Å². The second-order valence-electron chi connectivity index (χ2n) is 5.68. The third-order valence-electron chi connectivity index (χ3n) is 4.24. The van der Waals surface area contributed by atoms with Crippen molar-refractivity contribution in [3.05, 3.63) is 18.0 Å². The Hall–Kier alpha value is -0.830. The van der Waals surface area contributed by atoms with Crippen molar-refractivity contribution in [1.29, 1.82) is 0 Å². The fraction of sp³-hybridized carbons (Fsp3) is 0.800. The zero-order chi connectivity index (χ0) is 13.0. The van der Waals surface area contributed by atoms with Crippen molar-refractivity contribution >= 4 is 0 Å². The van der Waals surface area contributed by atoms with E-state index in [2.05, 4.69) is 43.0 Å². The van der Waals surface area contributed by atoms with E-state index in [1.165, 1.54) is 25.0 Å². The molecule has 3 heteroatoms. The molecule has 18 heavy (non-hydrogen) atoms. The van der Waals surface area contributed by atoms with Crippen LogP contribution in [-0.4, -0.2) is 22.4 Å². The van der Waals surface area contributed by atoms with Gasteiger partial charge < -0.3 is 5.32 Å². The number of hydrogen-bond donors (Lipinski definition) is 1. The van der Waals surface area contributed by atoms with Gasteiger partial charge in [-0.1, -0.05) is 13.8 Å². The van der Waals surface area contributed by atoms with Crippen LogP contribution in [0.15, 0.2) is 12.3 Å². The molecule has 2 rings (SSSR count). The Morgan fingerprint density at radius 1 is 1.44 bits per heavy atom. The van der Waals surface area contributed by atoms with Crippen LogP contribution >= 0.6 is 0 Å². The zero-order valence-corrected chi connectivity index (χ0v) is 12.0. The van der Waals surface area contributed by atoms with Gasteiger partial charge in [-0.15, -0.1) is 0 Å². The van der Waals surface area contributed by atoms with E-state index in [0.29, 0.717) is 6.04 Å². The second kappa shape index (κ2) is 6.37. The van der Waals surface area contributed by atoms with E-state index in [4.69, 9.17) is 5.10 Å². The number of aromatic nitrogens is 2. The highest BCUT2D eigenvalue weighted by Crippen LogP contribution is 2.28. The molecule has 1 aromatic rings. The minimum absolute atomic E-state index is 0.525. The normalized spacial score (nSPS) is 25.5. The van der Waals surface area contributed by atoms with Crippen LogP contribution in [0.5, 0.6) is 0 Å². The molecule has 1 fully saturated rings. The highest BCUT2D eigenvalue weighted by Gasteiger charge is 2.24. The monoisotopic (exact) mass is 249 g/mol. The van der Waals surface area contributed by atoms with Crippen LogP contribution < -0.4 is 5.32 Å². The molecule has 0 saturated heterocycles. The summed E-state index contributed by atoms with van der Waals surface area (Å²) in [6, 6.07) is 3.47. The van der Waals surface area contributed by atoms with E-state index in [9.17, 15) is 0 Å². The Morgan fingerprint density at radius 3 is 3.00 bits per heavy atom. The average molecular weight is 249 g/mol. The highest BCUT2D eigenvalue weighted by atomic mass is 15.3. The first kappa shape index (κ1) is 13.6. The Bertz CT molecular complexity index is 358. The molecule has 3 unspecified atom stereocenters. The van der Waals surface area contributed by atoms with E-state index in [0.717, 1.165) is 31.3 Å². The van der Waals surface area contributed by atoms with E-state index in [1.54, 1.807) is 0 Å². The lowest BCUT2D eigenvalue weighted by atomic mass is 10.0. The summed E-state index contributed by atoms with van der Waals surface area (Å²) in [5.74, 6) is 0.828. The molecule has 3 nitrogen and oxygen atoms in total. The maximum Gasteiger partial charge on any atom is 0.0627 e. The molecule has 1 N–H and O–H groups in total. The standard InChI is InChI=1S/C15H27N3/c1-4-12(3)18-9-8-15(17-18)11-13-6-7-14(10-13)16-5-2/h8-9,12-14,16H,4-7,10-11H2,1-3H3. The van der Waals surface area contributed by atoms with Crippen molar-refractivity contribution in [1.82, 2.24) is 15.1 Å². The second-order valence-corrected chi connectivity index (χ2v) is 5.68. The Morgan fingerprint density at radius 2 is 2.28 bits per heavy atom. The lowest BCUT2D eigenvalue weighted by Gasteiger charge is -2.11. The molecule has 102 valence electrons. The third kappa shape index (κ3) is 3.35. The molecule has 0 amide bonds. The first-order chi connectivity index (χ1) is 8.72. The number of nitrogens with one attached hydrogen (secondary N) is 1. The van der Waals surface area contributed by atoms with Gasteiger partial charge in [-0.3, -0.25) is 4.68 Å². The lowest BCUT2D eigenvalue weighted by molar-refractivity contribution is 0.459. The molecule has 0 radical (unpaired) electrons. The molecule has 3 atom stereocenters. The molecule has 0 aliphatic heterocycles. The largest absolute Gasteiger partial charge is 0.314 e. The molecule has 0 bridgehead atoms. The van der Waals surface area contributed by atoms with Gasteiger partial charge in [-0.25, -0.2) is 0 Å². The minimum Gasteiger partial charge on any atom is -0.314 e. The van der Waals surface area contributed by atoms with Crippen molar-refractivity contribution in [2.45, 2.75) is 65.0 Å². The van der Waals surface area contributed by atoms with Crippen LogP contribution in [0.2, 0.25) is 0 Å². The molecule has 0 spiro atoms. The highest BCUT2D eigenvalue weighted by molar-refractivity contribution is 5.02. The summed E-state index contributed by atoms with van der Waals surface area (Å²) in [4.78, 5) is 0. The molecule has 1 aromatic heterocycles. The smallest absolute Gasteiger partial charge is 0.0627 e. The third-order valence-corrected chi connectivity index (χ3v) is 4.24. The van der Waals surface area contributed by atoms with Gasteiger partial charge >= 0.3 is 0 Å². The predicted octanol–water partition coefficient (Wildman–Crippen LogP) is 3.17. The molecule has 1 saturated carbocycles. The SMILES string of the molecule is CCNC1CCC(Cc2ccn(C(C)CC)n2)C1. The average Bonchev–Trinajstić information content (AvgIpc) is 2.99. The van der Waals surface area contributed by atoms with Gasteiger partial charge in [0, 0.05) is 18.3 Å². The maximum absolute atomic E-state index is 4.71. The van der Waals surface area contributed by atoms with E-state index in [1.807, 2.05) is 0 Å². The Balaban J connectivity index is 1.85. The molecule has 1 aliphatic rings. The maximum atomic E-state index is 4.71.